The number of anilines is 2. The van der Waals surface area contributed by atoms with Gasteiger partial charge in [0.05, 0.1) is 35.0 Å². The number of nitrogens with zero attached hydrogens (tertiary/aromatic N) is 2. The van der Waals surface area contributed by atoms with E-state index in [2.05, 4.69) is 0 Å². The Morgan fingerprint density at radius 2 is 1.25 bits per heavy atom. The number of para-hydroxylation sites is 2. The largest absolute Gasteiger partial charge is 0.508 e. The van der Waals surface area contributed by atoms with E-state index in [1.165, 1.54) is 15.9 Å². The molecule has 0 bridgehead atoms. The summed E-state index contributed by atoms with van der Waals surface area (Å²) in [7, 11) is 0. The molecule has 4 aliphatic rings. The third-order valence-corrected chi connectivity index (χ3v) is 9.24. The molecule has 6 atom stereocenters. The van der Waals surface area contributed by atoms with Crippen LogP contribution in [0.5, 0.6) is 5.75 Å². The third-order valence-electron chi connectivity index (χ3n) is 9.00. The molecule has 0 spiro atoms. The topological polar surface area (TPSA) is 95.0 Å². The minimum Gasteiger partial charge on any atom is -0.508 e. The second kappa shape index (κ2) is 9.17. The zero-order valence-corrected chi connectivity index (χ0v) is 22.1. The van der Waals surface area contributed by atoms with Crippen molar-refractivity contribution in [3.05, 3.63) is 101 Å². The predicted molar refractivity (Wildman–Crippen MR) is 148 cm³/mol. The van der Waals surface area contributed by atoms with E-state index in [0.717, 1.165) is 5.57 Å². The fraction of sp³-hybridized carbons (Fsp3) is 0.250. The van der Waals surface area contributed by atoms with E-state index in [-0.39, 0.29) is 35.8 Å². The van der Waals surface area contributed by atoms with E-state index in [1.54, 1.807) is 60.7 Å². The van der Waals surface area contributed by atoms with Gasteiger partial charge in [0.25, 0.3) is 0 Å². The number of carbonyl (C=O) groups is 4. The molecule has 0 radical (unpaired) electrons. The van der Waals surface area contributed by atoms with E-state index in [9.17, 15) is 24.3 Å². The molecule has 0 aromatic heterocycles. The Morgan fingerprint density at radius 1 is 0.675 bits per heavy atom. The first kappa shape index (κ1) is 24.8. The van der Waals surface area contributed by atoms with Gasteiger partial charge in [0.1, 0.15) is 5.75 Å². The number of hydrogen-bond donors (Lipinski definition) is 1. The number of imide groups is 2. The van der Waals surface area contributed by atoms with Crippen LogP contribution in [-0.2, 0) is 19.2 Å². The number of amides is 4. The summed E-state index contributed by atoms with van der Waals surface area (Å²) < 4.78 is 0. The van der Waals surface area contributed by atoms with E-state index >= 15 is 0 Å². The van der Waals surface area contributed by atoms with Crippen LogP contribution in [0, 0.1) is 29.6 Å². The summed E-state index contributed by atoms with van der Waals surface area (Å²) in [6, 6.07) is 22.4. The van der Waals surface area contributed by atoms with Crippen molar-refractivity contribution < 1.29 is 24.3 Å². The van der Waals surface area contributed by atoms with Crippen LogP contribution in [-0.4, -0.2) is 28.7 Å². The molecular weight excluding hydrogens is 528 g/mol. The fourth-order valence-corrected chi connectivity index (χ4v) is 7.55. The van der Waals surface area contributed by atoms with Crippen molar-refractivity contribution in [1.82, 2.24) is 0 Å². The highest BCUT2D eigenvalue weighted by Gasteiger charge is 2.62. The zero-order chi connectivity index (χ0) is 27.7. The summed E-state index contributed by atoms with van der Waals surface area (Å²) in [5, 5.41) is 11.4. The first-order valence-corrected chi connectivity index (χ1v) is 13.8. The molecule has 1 N–H and O–H groups in total. The van der Waals surface area contributed by atoms with E-state index in [4.69, 9.17) is 11.6 Å². The molecule has 2 aliphatic carbocycles. The van der Waals surface area contributed by atoms with Gasteiger partial charge >= 0.3 is 0 Å². The monoisotopic (exact) mass is 552 g/mol. The molecule has 2 aliphatic heterocycles. The van der Waals surface area contributed by atoms with Gasteiger partial charge in [-0.1, -0.05) is 59.6 Å². The van der Waals surface area contributed by atoms with Gasteiger partial charge in [0.15, 0.2) is 0 Å². The Balaban J connectivity index is 1.36. The van der Waals surface area contributed by atoms with Crippen molar-refractivity contribution in [2.24, 2.45) is 29.6 Å². The third kappa shape index (κ3) is 3.50. The van der Waals surface area contributed by atoms with Crippen molar-refractivity contribution in [3.63, 3.8) is 0 Å². The van der Waals surface area contributed by atoms with Gasteiger partial charge in [-0.25, -0.2) is 0 Å². The maximum absolute atomic E-state index is 14.0. The standard InChI is InChI=1S/C32H25ClN2O5/c33-17-11-14-25(36)23(15-17)26-20-12-13-21-27(31(39)34(29(21)37)18-7-3-1-4-8-18)22(20)16-24-28(26)32(40)35(30(24)38)19-9-5-2-6-10-19/h1-12,14-15,21-22,24,26-28,36H,13,16H2/t21-,22+,24+,26+,27-,28+/m0/s1. The molecule has 1 saturated carbocycles. The lowest BCUT2D eigenvalue weighted by Gasteiger charge is -2.44. The quantitative estimate of drug-likeness (QED) is 0.361. The molecule has 3 aromatic carbocycles. The molecular formula is C32H25ClN2O5. The average Bonchev–Trinajstić information content (AvgIpc) is 3.38. The maximum Gasteiger partial charge on any atom is 0.238 e. The molecule has 2 saturated heterocycles. The molecule has 4 amide bonds. The van der Waals surface area contributed by atoms with Gasteiger partial charge in [0.2, 0.25) is 23.6 Å². The van der Waals surface area contributed by atoms with Gasteiger partial charge < -0.3 is 5.11 Å². The van der Waals surface area contributed by atoms with Gasteiger partial charge in [0, 0.05) is 16.5 Å². The number of halogens is 1. The Bertz CT molecular complexity index is 1600. The van der Waals surface area contributed by atoms with Crippen LogP contribution in [0.3, 0.4) is 0 Å². The van der Waals surface area contributed by atoms with Gasteiger partial charge in [-0.15, -0.1) is 0 Å². The van der Waals surface area contributed by atoms with Gasteiger partial charge in [-0.2, -0.15) is 0 Å². The van der Waals surface area contributed by atoms with E-state index < -0.39 is 35.5 Å². The number of hydrogen-bond acceptors (Lipinski definition) is 5. The number of benzene rings is 3. The van der Waals surface area contributed by atoms with Crippen LogP contribution in [0.1, 0.15) is 24.3 Å². The van der Waals surface area contributed by atoms with Crippen LogP contribution >= 0.6 is 11.6 Å². The molecule has 0 unspecified atom stereocenters. The SMILES string of the molecule is O=C1[C@H]2[C@H](CC=C3[C@H]2C[C@H]2C(=O)N(c4ccccc4)C(=O)[C@H]2[C@H]3c2cc(Cl)ccc2O)C(=O)N1c1ccccc1. The Hall–Kier alpha value is -4.23. The molecule has 2 heterocycles. The summed E-state index contributed by atoms with van der Waals surface area (Å²) in [6.45, 7) is 0. The number of rotatable bonds is 3. The summed E-state index contributed by atoms with van der Waals surface area (Å²) in [5.74, 6) is -5.05. The van der Waals surface area contributed by atoms with Crippen LogP contribution in [0.15, 0.2) is 90.5 Å². The van der Waals surface area contributed by atoms with Gasteiger partial charge in [-0.3, -0.25) is 29.0 Å². The van der Waals surface area contributed by atoms with Crippen LogP contribution < -0.4 is 9.80 Å². The van der Waals surface area contributed by atoms with Crippen LogP contribution in [0.4, 0.5) is 11.4 Å². The fourth-order valence-electron chi connectivity index (χ4n) is 7.37. The first-order chi connectivity index (χ1) is 19.4. The molecule has 40 heavy (non-hydrogen) atoms. The maximum atomic E-state index is 14.0. The average molecular weight is 553 g/mol. The van der Waals surface area contributed by atoms with Crippen LogP contribution in [0.25, 0.3) is 0 Å². The molecule has 3 fully saturated rings. The zero-order valence-electron chi connectivity index (χ0n) is 21.3. The Kier molecular flexibility index (Phi) is 5.68. The molecule has 8 heteroatoms. The summed E-state index contributed by atoms with van der Waals surface area (Å²) in [5.41, 5.74) is 2.27. The molecule has 7 nitrogen and oxygen atoms in total. The van der Waals surface area contributed by atoms with Gasteiger partial charge in [-0.05, 0) is 61.2 Å². The van der Waals surface area contributed by atoms with Crippen LogP contribution in [0.2, 0.25) is 5.02 Å². The lowest BCUT2D eigenvalue weighted by Crippen LogP contribution is -2.43. The first-order valence-electron chi connectivity index (χ1n) is 13.4. The minimum absolute atomic E-state index is 0.0324. The normalized spacial score (nSPS) is 29.3. The number of phenolic OH excluding ortho intramolecular Hbond substituents is 1. The van der Waals surface area contributed by atoms with Crippen molar-refractivity contribution in [3.8, 4) is 5.75 Å². The molecule has 3 aromatic rings. The van der Waals surface area contributed by atoms with Crippen molar-refractivity contribution >= 4 is 46.6 Å². The van der Waals surface area contributed by atoms with E-state index in [1.807, 2.05) is 18.2 Å². The molecule has 200 valence electrons. The Labute approximate surface area is 235 Å². The second-order valence-corrected chi connectivity index (χ2v) is 11.4. The van der Waals surface area contributed by atoms with Crippen molar-refractivity contribution in [2.45, 2.75) is 18.8 Å². The number of fused-ring (bicyclic) bond motifs is 4. The number of aromatic hydroxyl groups is 1. The smallest absolute Gasteiger partial charge is 0.238 e. The van der Waals surface area contributed by atoms with Crippen molar-refractivity contribution in [2.75, 3.05) is 9.80 Å². The lowest BCUT2D eigenvalue weighted by molar-refractivity contribution is -0.126. The summed E-state index contributed by atoms with van der Waals surface area (Å²) in [4.78, 5) is 57.9. The van der Waals surface area contributed by atoms with Crippen molar-refractivity contribution in [1.29, 1.82) is 0 Å². The lowest BCUT2D eigenvalue weighted by atomic mass is 9.57. The number of allylic oxidation sites excluding steroid dienone is 2. The predicted octanol–water partition coefficient (Wildman–Crippen LogP) is 5.09. The minimum atomic E-state index is -0.770. The number of phenols is 1. The number of carbonyl (C=O) groups excluding carboxylic acids is 4. The molecule has 7 rings (SSSR count). The second-order valence-electron chi connectivity index (χ2n) is 10.9. The Morgan fingerprint density at radius 3 is 1.88 bits per heavy atom. The highest BCUT2D eigenvalue weighted by atomic mass is 35.5. The highest BCUT2D eigenvalue weighted by molar-refractivity contribution is 6.30. The van der Waals surface area contributed by atoms with E-state index in [0.29, 0.717) is 28.4 Å². The summed E-state index contributed by atoms with van der Waals surface area (Å²) in [6.07, 6.45) is 2.56. The summed E-state index contributed by atoms with van der Waals surface area (Å²) >= 11 is 6.36. The highest BCUT2D eigenvalue weighted by Crippen LogP contribution is 2.59.